The third kappa shape index (κ3) is 4.49. The number of hydrogen-bond donors (Lipinski definition) is 1. The lowest BCUT2D eigenvalue weighted by atomic mass is 10.0. The molecule has 31 heavy (non-hydrogen) atoms. The van der Waals surface area contributed by atoms with Gasteiger partial charge >= 0.3 is 0 Å². The van der Waals surface area contributed by atoms with E-state index in [9.17, 15) is 9.59 Å². The molecule has 6 nitrogen and oxygen atoms in total. The largest absolute Gasteiger partial charge is 0.497 e. The standard InChI is InChI=1S/C25H29N3O3/c1-27-22-9-5-4-8-20(22)21(16-24(27)29)25(30)26-17-23(28-14-6-3-7-15-28)18-10-12-19(31-2)13-11-18/h4-5,8-13,16,23H,3,6-7,14-15,17H2,1-2H3,(H,26,30). The van der Waals surface area contributed by atoms with Gasteiger partial charge in [-0.05, 0) is 49.7 Å². The van der Waals surface area contributed by atoms with Crippen LogP contribution < -0.4 is 15.6 Å². The third-order valence-corrected chi connectivity index (χ3v) is 6.19. The van der Waals surface area contributed by atoms with Gasteiger partial charge in [-0.3, -0.25) is 14.5 Å². The summed E-state index contributed by atoms with van der Waals surface area (Å²) in [4.78, 5) is 28.0. The van der Waals surface area contributed by atoms with Gasteiger partial charge in [-0.2, -0.15) is 0 Å². The Bertz CT molecular complexity index is 1120. The number of nitrogens with one attached hydrogen (secondary N) is 1. The van der Waals surface area contributed by atoms with Gasteiger partial charge in [0.15, 0.2) is 0 Å². The quantitative estimate of drug-likeness (QED) is 0.664. The van der Waals surface area contributed by atoms with Gasteiger partial charge in [0.05, 0.1) is 24.2 Å². The third-order valence-electron chi connectivity index (χ3n) is 6.19. The van der Waals surface area contributed by atoms with Crippen LogP contribution in [0.3, 0.4) is 0 Å². The fourth-order valence-electron chi connectivity index (χ4n) is 4.40. The monoisotopic (exact) mass is 419 g/mol. The molecular weight excluding hydrogens is 390 g/mol. The van der Waals surface area contributed by atoms with Gasteiger partial charge in [-0.1, -0.05) is 36.8 Å². The van der Waals surface area contributed by atoms with E-state index in [0.29, 0.717) is 12.1 Å². The van der Waals surface area contributed by atoms with Crippen LogP contribution in [-0.4, -0.2) is 42.1 Å². The van der Waals surface area contributed by atoms with E-state index < -0.39 is 0 Å². The molecular formula is C25H29N3O3. The van der Waals surface area contributed by atoms with Crippen LogP contribution >= 0.6 is 0 Å². The van der Waals surface area contributed by atoms with Gasteiger partial charge in [0.1, 0.15) is 5.75 Å². The van der Waals surface area contributed by atoms with Gasteiger partial charge in [0.2, 0.25) is 0 Å². The normalized spacial score (nSPS) is 15.5. The maximum atomic E-state index is 13.1. The molecule has 1 saturated heterocycles. The molecule has 1 unspecified atom stereocenters. The van der Waals surface area contributed by atoms with Crippen molar-refractivity contribution < 1.29 is 9.53 Å². The molecule has 4 rings (SSSR count). The minimum Gasteiger partial charge on any atom is -0.497 e. The minimum atomic E-state index is -0.218. The maximum absolute atomic E-state index is 13.1. The number of nitrogens with zero attached hydrogens (tertiary/aromatic N) is 2. The number of aryl methyl sites for hydroxylation is 1. The molecule has 1 amide bonds. The summed E-state index contributed by atoms with van der Waals surface area (Å²) in [5.74, 6) is 0.598. The summed E-state index contributed by atoms with van der Waals surface area (Å²) in [6.07, 6.45) is 3.58. The number of aromatic nitrogens is 1. The first-order valence-corrected chi connectivity index (χ1v) is 10.8. The Hall–Kier alpha value is -3.12. The first-order valence-electron chi connectivity index (χ1n) is 10.8. The zero-order chi connectivity index (χ0) is 21.8. The lowest BCUT2D eigenvalue weighted by Crippen LogP contribution is -2.40. The molecule has 1 aliphatic rings. The Morgan fingerprint density at radius 3 is 2.48 bits per heavy atom. The van der Waals surface area contributed by atoms with E-state index in [0.717, 1.165) is 35.3 Å². The summed E-state index contributed by atoms with van der Waals surface area (Å²) in [5.41, 5.74) is 2.14. The van der Waals surface area contributed by atoms with E-state index in [1.807, 2.05) is 36.4 Å². The lowest BCUT2D eigenvalue weighted by Gasteiger charge is -2.35. The number of carbonyl (C=O) groups excluding carboxylic acids is 1. The molecule has 6 heteroatoms. The minimum absolute atomic E-state index is 0.0768. The molecule has 1 aliphatic heterocycles. The van der Waals surface area contributed by atoms with Gasteiger partial charge in [0, 0.05) is 25.0 Å². The number of likely N-dealkylation sites (tertiary alicyclic amines) is 1. The Morgan fingerprint density at radius 1 is 1.06 bits per heavy atom. The van der Waals surface area contributed by atoms with Crippen molar-refractivity contribution in [1.82, 2.24) is 14.8 Å². The van der Waals surface area contributed by atoms with E-state index in [1.165, 1.54) is 25.3 Å². The summed E-state index contributed by atoms with van der Waals surface area (Å²) in [7, 11) is 3.38. The predicted molar refractivity (Wildman–Crippen MR) is 123 cm³/mol. The van der Waals surface area contributed by atoms with Crippen LogP contribution in [-0.2, 0) is 7.05 Å². The second-order valence-electron chi connectivity index (χ2n) is 8.07. The molecule has 1 atom stereocenters. The SMILES string of the molecule is COc1ccc(C(CNC(=O)c2cc(=O)n(C)c3ccccc23)N2CCCCC2)cc1. The van der Waals surface area contributed by atoms with Crippen molar-refractivity contribution in [2.45, 2.75) is 25.3 Å². The van der Waals surface area contributed by atoms with Crippen molar-refractivity contribution in [3.05, 3.63) is 76.1 Å². The summed E-state index contributed by atoms with van der Waals surface area (Å²) < 4.78 is 6.87. The number of fused-ring (bicyclic) bond motifs is 1. The van der Waals surface area contributed by atoms with E-state index in [2.05, 4.69) is 22.3 Å². The number of hydrogen-bond acceptors (Lipinski definition) is 4. The second-order valence-corrected chi connectivity index (χ2v) is 8.07. The highest BCUT2D eigenvalue weighted by molar-refractivity contribution is 6.06. The fraction of sp³-hybridized carbons (Fsp3) is 0.360. The molecule has 162 valence electrons. The van der Waals surface area contributed by atoms with Crippen molar-refractivity contribution >= 4 is 16.8 Å². The second kappa shape index (κ2) is 9.35. The molecule has 2 heterocycles. The van der Waals surface area contributed by atoms with Crippen LogP contribution in [0.1, 0.15) is 41.2 Å². The number of ether oxygens (including phenoxy) is 1. The molecule has 1 N–H and O–H groups in total. The van der Waals surface area contributed by atoms with Crippen LogP contribution in [0.4, 0.5) is 0 Å². The first-order chi connectivity index (χ1) is 15.1. The number of pyridine rings is 1. The van der Waals surface area contributed by atoms with Crippen molar-refractivity contribution in [1.29, 1.82) is 0 Å². The van der Waals surface area contributed by atoms with E-state index >= 15 is 0 Å². The number of benzene rings is 2. The molecule has 1 fully saturated rings. The number of rotatable bonds is 6. The smallest absolute Gasteiger partial charge is 0.252 e. The van der Waals surface area contributed by atoms with Gasteiger partial charge < -0.3 is 14.6 Å². The summed E-state index contributed by atoms with van der Waals surface area (Å²) in [6, 6.07) is 17.1. The van der Waals surface area contributed by atoms with Crippen LogP contribution in [0.25, 0.3) is 10.9 Å². The van der Waals surface area contributed by atoms with Crippen molar-refractivity contribution in [2.75, 3.05) is 26.7 Å². The van der Waals surface area contributed by atoms with Crippen molar-refractivity contribution in [3.63, 3.8) is 0 Å². The molecule has 0 aliphatic carbocycles. The zero-order valence-corrected chi connectivity index (χ0v) is 18.1. The first kappa shape index (κ1) is 21.1. The Morgan fingerprint density at radius 2 is 1.77 bits per heavy atom. The molecule has 0 saturated carbocycles. The highest BCUT2D eigenvalue weighted by Gasteiger charge is 2.24. The fourth-order valence-corrected chi connectivity index (χ4v) is 4.40. The van der Waals surface area contributed by atoms with Crippen LogP contribution in [0, 0.1) is 0 Å². The summed E-state index contributed by atoms with van der Waals surface area (Å²) in [5, 5.41) is 3.88. The van der Waals surface area contributed by atoms with Crippen molar-refractivity contribution in [3.8, 4) is 5.75 Å². The predicted octanol–water partition coefficient (Wildman–Crippen LogP) is 3.50. The summed E-state index contributed by atoms with van der Waals surface area (Å²) in [6.45, 7) is 2.51. The maximum Gasteiger partial charge on any atom is 0.252 e. The zero-order valence-electron chi connectivity index (χ0n) is 18.1. The van der Waals surface area contributed by atoms with E-state index in [1.54, 1.807) is 18.7 Å². The lowest BCUT2D eigenvalue weighted by molar-refractivity contribution is 0.0926. The van der Waals surface area contributed by atoms with Gasteiger partial charge in [-0.25, -0.2) is 0 Å². The molecule has 3 aromatic rings. The molecule has 0 spiro atoms. The van der Waals surface area contributed by atoms with Gasteiger partial charge in [-0.15, -0.1) is 0 Å². The molecule has 2 aromatic carbocycles. The van der Waals surface area contributed by atoms with Crippen LogP contribution in [0.2, 0.25) is 0 Å². The molecule has 1 aromatic heterocycles. The highest BCUT2D eigenvalue weighted by Crippen LogP contribution is 2.26. The Labute approximate surface area is 182 Å². The number of carbonyl (C=O) groups is 1. The molecule has 0 radical (unpaired) electrons. The number of methoxy groups -OCH3 is 1. The highest BCUT2D eigenvalue weighted by atomic mass is 16.5. The molecule has 0 bridgehead atoms. The average molecular weight is 420 g/mol. The topological polar surface area (TPSA) is 63.6 Å². The van der Waals surface area contributed by atoms with Crippen LogP contribution in [0.5, 0.6) is 5.75 Å². The Balaban J connectivity index is 1.59. The number of piperidine rings is 1. The average Bonchev–Trinajstić information content (AvgIpc) is 2.82. The Kier molecular flexibility index (Phi) is 6.37. The number of para-hydroxylation sites is 1. The summed E-state index contributed by atoms with van der Waals surface area (Å²) >= 11 is 0. The van der Waals surface area contributed by atoms with Crippen LogP contribution in [0.15, 0.2) is 59.4 Å². The van der Waals surface area contributed by atoms with E-state index in [4.69, 9.17) is 4.74 Å². The van der Waals surface area contributed by atoms with Crippen molar-refractivity contribution in [2.24, 2.45) is 7.05 Å². The van der Waals surface area contributed by atoms with Gasteiger partial charge in [0.25, 0.3) is 11.5 Å². The van der Waals surface area contributed by atoms with E-state index in [-0.39, 0.29) is 17.5 Å². The number of amides is 1.